The largest absolute Gasteiger partial charge is 0.295 e. The summed E-state index contributed by atoms with van der Waals surface area (Å²) in [4.78, 5) is 16.5. The van der Waals surface area contributed by atoms with E-state index in [4.69, 9.17) is 4.98 Å². The monoisotopic (exact) mass is 405 g/mol. The van der Waals surface area contributed by atoms with Crippen molar-refractivity contribution in [1.82, 2.24) is 4.98 Å². The fourth-order valence-electron chi connectivity index (χ4n) is 3.85. The molecule has 1 aliphatic rings. The van der Waals surface area contributed by atoms with Crippen LogP contribution in [0, 0.1) is 17.7 Å². The van der Waals surface area contributed by atoms with Gasteiger partial charge in [0.05, 0.1) is 16.8 Å². The lowest BCUT2D eigenvalue weighted by Crippen LogP contribution is -1.99. The summed E-state index contributed by atoms with van der Waals surface area (Å²) in [5, 5.41) is 1.01. The highest BCUT2D eigenvalue weighted by atomic mass is 19.1. The highest BCUT2D eigenvalue weighted by Crippen LogP contribution is 2.44. The number of carbonyl (C=O) groups is 1. The Labute approximate surface area is 180 Å². The number of ketones is 1. The predicted octanol–water partition coefficient (Wildman–Crippen LogP) is 6.52. The molecule has 150 valence electrons. The number of Topliss-reactive ketones (excluding diaryl/α,β-unsaturated/α-hetero) is 1. The maximum Gasteiger partial charge on any atom is 0.159 e. The summed E-state index contributed by atoms with van der Waals surface area (Å²) in [6.07, 6.45) is 2.21. The first kappa shape index (κ1) is 19.2. The van der Waals surface area contributed by atoms with Gasteiger partial charge in [0.2, 0.25) is 0 Å². The third kappa shape index (κ3) is 3.85. The van der Waals surface area contributed by atoms with E-state index in [9.17, 15) is 9.18 Å². The van der Waals surface area contributed by atoms with Gasteiger partial charge in [0.1, 0.15) is 5.82 Å². The van der Waals surface area contributed by atoms with Crippen LogP contribution in [0.1, 0.15) is 52.9 Å². The number of hydrogen-bond donors (Lipinski definition) is 0. The minimum Gasteiger partial charge on any atom is -0.295 e. The zero-order valence-electron chi connectivity index (χ0n) is 17.2. The van der Waals surface area contributed by atoms with Crippen LogP contribution in [0.3, 0.4) is 0 Å². The smallest absolute Gasteiger partial charge is 0.159 e. The predicted molar refractivity (Wildman–Crippen MR) is 122 cm³/mol. The Morgan fingerprint density at radius 2 is 1.65 bits per heavy atom. The molecule has 1 heterocycles. The summed E-state index contributed by atoms with van der Waals surface area (Å²) in [5.41, 5.74) is 6.29. The van der Waals surface area contributed by atoms with Crippen LogP contribution in [-0.4, -0.2) is 10.8 Å². The molecule has 0 N–H and O–H groups in total. The summed E-state index contributed by atoms with van der Waals surface area (Å²) in [7, 11) is 0. The Balaban J connectivity index is 1.73. The summed E-state index contributed by atoms with van der Waals surface area (Å²) in [5.74, 6) is 6.83. The van der Waals surface area contributed by atoms with E-state index in [1.165, 1.54) is 12.1 Å². The van der Waals surface area contributed by atoms with Crippen molar-refractivity contribution in [3.63, 3.8) is 0 Å². The van der Waals surface area contributed by atoms with E-state index in [0.29, 0.717) is 11.5 Å². The van der Waals surface area contributed by atoms with E-state index in [1.807, 2.05) is 36.4 Å². The normalized spacial score (nSPS) is 13.0. The number of para-hydroxylation sites is 1. The fraction of sp³-hybridized carbons (Fsp3) is 0.143. The van der Waals surface area contributed by atoms with Crippen molar-refractivity contribution in [1.29, 1.82) is 0 Å². The Bertz CT molecular complexity index is 1350. The van der Waals surface area contributed by atoms with Crippen LogP contribution in [0.15, 0.2) is 72.8 Å². The molecule has 0 amide bonds. The number of nitrogens with zero attached hydrogens (tertiary/aromatic N) is 1. The van der Waals surface area contributed by atoms with Gasteiger partial charge in [0, 0.05) is 28.0 Å². The molecule has 0 spiro atoms. The summed E-state index contributed by atoms with van der Waals surface area (Å²) < 4.78 is 13.6. The minimum atomic E-state index is -0.261. The first-order valence-corrected chi connectivity index (χ1v) is 10.4. The van der Waals surface area contributed by atoms with E-state index in [1.54, 1.807) is 31.2 Å². The molecule has 0 saturated heterocycles. The molecule has 0 atom stereocenters. The van der Waals surface area contributed by atoms with Gasteiger partial charge in [-0.2, -0.15) is 0 Å². The van der Waals surface area contributed by atoms with E-state index in [0.717, 1.165) is 51.7 Å². The van der Waals surface area contributed by atoms with Gasteiger partial charge in [-0.25, -0.2) is 4.39 Å². The van der Waals surface area contributed by atoms with Crippen LogP contribution in [-0.2, 0) is 0 Å². The molecule has 0 bridgehead atoms. The minimum absolute atomic E-state index is 0.0351. The van der Waals surface area contributed by atoms with Gasteiger partial charge in [0.15, 0.2) is 5.78 Å². The lowest BCUT2D eigenvalue weighted by molar-refractivity contribution is 0.101. The maximum atomic E-state index is 13.6. The summed E-state index contributed by atoms with van der Waals surface area (Å²) in [6, 6.07) is 22.0. The number of hydrogen-bond acceptors (Lipinski definition) is 2. The van der Waals surface area contributed by atoms with Gasteiger partial charge in [-0.15, -0.1) is 0 Å². The average molecular weight is 405 g/mol. The zero-order valence-corrected chi connectivity index (χ0v) is 17.2. The van der Waals surface area contributed by atoms with Gasteiger partial charge >= 0.3 is 0 Å². The number of halogens is 1. The van der Waals surface area contributed by atoms with E-state index >= 15 is 0 Å². The molecule has 1 saturated carbocycles. The zero-order chi connectivity index (χ0) is 21.4. The summed E-state index contributed by atoms with van der Waals surface area (Å²) in [6.45, 7) is 1.55. The fourth-order valence-corrected chi connectivity index (χ4v) is 3.85. The van der Waals surface area contributed by atoms with Crippen LogP contribution in [0.5, 0.6) is 0 Å². The Morgan fingerprint density at radius 3 is 2.32 bits per heavy atom. The molecule has 0 radical (unpaired) electrons. The number of aromatic nitrogens is 1. The SMILES string of the molecule is CC(=O)c1ccc(C#Cc2c(C3CC3)nc3ccccc3c2-c2ccc(F)cc2)cc1. The van der Waals surface area contributed by atoms with Crippen molar-refractivity contribution in [3.8, 4) is 23.0 Å². The van der Waals surface area contributed by atoms with Crippen molar-refractivity contribution in [2.45, 2.75) is 25.7 Å². The number of rotatable bonds is 3. The second-order valence-electron chi connectivity index (χ2n) is 7.93. The summed E-state index contributed by atoms with van der Waals surface area (Å²) >= 11 is 0. The van der Waals surface area contributed by atoms with Crippen LogP contribution < -0.4 is 0 Å². The first-order valence-electron chi connectivity index (χ1n) is 10.4. The quantitative estimate of drug-likeness (QED) is 0.287. The van der Waals surface area contributed by atoms with Crippen LogP contribution in [0.4, 0.5) is 4.39 Å². The standard InChI is InChI=1S/C28H20FNO/c1-18(31)20-9-6-19(7-10-20)8-17-25-27(21-13-15-23(29)16-14-21)24-4-2-3-5-26(24)30-28(25)22-11-12-22/h2-7,9-10,13-16,22H,11-12H2,1H3. The van der Waals surface area contributed by atoms with Gasteiger partial charge in [0.25, 0.3) is 0 Å². The molecule has 3 heteroatoms. The van der Waals surface area contributed by atoms with E-state index in [-0.39, 0.29) is 11.6 Å². The van der Waals surface area contributed by atoms with Gasteiger partial charge in [-0.3, -0.25) is 9.78 Å². The van der Waals surface area contributed by atoms with Crippen molar-refractivity contribution < 1.29 is 9.18 Å². The van der Waals surface area contributed by atoms with Crippen LogP contribution in [0.2, 0.25) is 0 Å². The topological polar surface area (TPSA) is 30.0 Å². The lowest BCUT2D eigenvalue weighted by atomic mass is 9.93. The van der Waals surface area contributed by atoms with Crippen molar-refractivity contribution >= 4 is 16.7 Å². The molecule has 4 aromatic rings. The molecular formula is C28H20FNO. The third-order valence-electron chi connectivity index (χ3n) is 5.64. The maximum absolute atomic E-state index is 13.6. The second kappa shape index (κ2) is 7.81. The second-order valence-corrected chi connectivity index (χ2v) is 7.93. The molecule has 1 aliphatic carbocycles. The molecule has 0 unspecified atom stereocenters. The molecule has 2 nitrogen and oxygen atoms in total. The number of carbonyl (C=O) groups excluding carboxylic acids is 1. The number of pyridine rings is 1. The number of benzene rings is 3. The van der Waals surface area contributed by atoms with Gasteiger partial charge < -0.3 is 0 Å². The molecule has 31 heavy (non-hydrogen) atoms. The molecular weight excluding hydrogens is 385 g/mol. The highest BCUT2D eigenvalue weighted by molar-refractivity contribution is 5.98. The van der Waals surface area contributed by atoms with Crippen molar-refractivity contribution in [2.75, 3.05) is 0 Å². The Hall–Kier alpha value is -3.77. The van der Waals surface area contributed by atoms with Crippen LogP contribution in [0.25, 0.3) is 22.0 Å². The third-order valence-corrected chi connectivity index (χ3v) is 5.64. The lowest BCUT2D eigenvalue weighted by Gasteiger charge is -2.14. The number of fused-ring (bicyclic) bond motifs is 1. The highest BCUT2D eigenvalue weighted by Gasteiger charge is 2.29. The van der Waals surface area contributed by atoms with Crippen molar-refractivity contribution in [2.24, 2.45) is 0 Å². The van der Waals surface area contributed by atoms with Gasteiger partial charge in [-0.1, -0.05) is 54.3 Å². The van der Waals surface area contributed by atoms with E-state index in [2.05, 4.69) is 11.8 Å². The van der Waals surface area contributed by atoms with Gasteiger partial charge in [-0.05, 0) is 55.7 Å². The molecule has 1 fully saturated rings. The van der Waals surface area contributed by atoms with Crippen molar-refractivity contribution in [3.05, 3.63) is 101 Å². The van der Waals surface area contributed by atoms with E-state index < -0.39 is 0 Å². The first-order chi connectivity index (χ1) is 15.1. The molecule has 3 aromatic carbocycles. The molecule has 5 rings (SSSR count). The average Bonchev–Trinajstić information content (AvgIpc) is 3.63. The molecule has 0 aliphatic heterocycles. The van der Waals surface area contributed by atoms with Crippen LogP contribution >= 0.6 is 0 Å². The Kier molecular flexibility index (Phi) is 4.84. The molecule has 1 aromatic heterocycles. The Morgan fingerprint density at radius 1 is 0.935 bits per heavy atom.